The monoisotopic (exact) mass is 660 g/mol. The van der Waals surface area contributed by atoms with E-state index in [2.05, 4.69) is 5.32 Å². The molecule has 0 radical (unpaired) electrons. The van der Waals surface area contributed by atoms with Crippen LogP contribution in [0.25, 0.3) is 0 Å². The smallest absolute Gasteiger partial charge is 0.343 e. The summed E-state index contributed by atoms with van der Waals surface area (Å²) >= 11 is 0. The van der Waals surface area contributed by atoms with Crippen molar-refractivity contribution in [2.75, 3.05) is 0 Å². The predicted molar refractivity (Wildman–Crippen MR) is 173 cm³/mol. The first-order chi connectivity index (χ1) is 23.2. The molecule has 0 spiro atoms. The van der Waals surface area contributed by atoms with E-state index < -0.39 is 46.9 Å². The van der Waals surface area contributed by atoms with Crippen molar-refractivity contribution in [2.45, 2.75) is 33.1 Å². The molecule has 4 aromatic carbocycles. The normalized spacial score (nSPS) is 12.2. The van der Waals surface area contributed by atoms with Crippen LogP contribution in [-0.4, -0.2) is 52.7 Å². The van der Waals surface area contributed by atoms with E-state index in [9.17, 15) is 38.4 Å². The van der Waals surface area contributed by atoms with Crippen LogP contribution >= 0.6 is 0 Å². The number of esters is 2. The molecular weight excluding hydrogens is 632 g/mol. The van der Waals surface area contributed by atoms with Crippen LogP contribution < -0.4 is 14.8 Å². The van der Waals surface area contributed by atoms with Gasteiger partial charge >= 0.3 is 11.9 Å². The molecule has 0 bridgehead atoms. The Kier molecular flexibility index (Phi) is 9.16. The van der Waals surface area contributed by atoms with Crippen molar-refractivity contribution in [3.8, 4) is 11.5 Å². The molecule has 49 heavy (non-hydrogen) atoms. The fourth-order valence-corrected chi connectivity index (χ4v) is 5.25. The summed E-state index contributed by atoms with van der Waals surface area (Å²) in [5.41, 5.74) is 1.13. The fourth-order valence-electron chi connectivity index (χ4n) is 5.25. The average Bonchev–Trinajstić information content (AvgIpc) is 3.33. The number of amides is 5. The highest BCUT2D eigenvalue weighted by atomic mass is 16.5. The molecule has 5 amide bonds. The number of fused-ring (bicyclic) bond motifs is 1. The Labute approximate surface area is 279 Å². The molecule has 0 saturated heterocycles. The first-order valence-electron chi connectivity index (χ1n) is 14.8. The molecule has 1 N–H and O–H groups in total. The minimum Gasteiger partial charge on any atom is -0.423 e. The Bertz CT molecular complexity index is 2080. The minimum atomic E-state index is -0.794. The second-order valence-electron chi connectivity index (χ2n) is 11.6. The van der Waals surface area contributed by atoms with Crippen LogP contribution in [-0.2, 0) is 15.0 Å². The number of nitrogens with zero attached hydrogens (tertiary/aromatic N) is 1. The van der Waals surface area contributed by atoms with Crippen molar-refractivity contribution in [1.82, 2.24) is 10.2 Å². The van der Waals surface area contributed by atoms with E-state index in [1.54, 1.807) is 48.5 Å². The van der Waals surface area contributed by atoms with Gasteiger partial charge in [-0.25, -0.2) is 14.5 Å². The number of carbonyl (C=O) groups excluding carboxylic acids is 8. The third-order valence-electron chi connectivity index (χ3n) is 7.96. The van der Waals surface area contributed by atoms with Gasteiger partial charge < -0.3 is 9.47 Å². The van der Waals surface area contributed by atoms with Gasteiger partial charge in [-0.2, -0.15) is 0 Å². The summed E-state index contributed by atoms with van der Waals surface area (Å²) in [5.74, 6) is -4.62. The SMILES string of the molecule is CC(=O)NC(=O)c1ccc(C(=O)Oc2ccc(C(C)(C)c3ccc(OC(=O)c4ccc5c(c4)C(=O)N(C(C)=O)C5=O)cc3)cc2)cc1C=O. The van der Waals surface area contributed by atoms with Crippen LogP contribution in [0.3, 0.4) is 0 Å². The molecule has 12 heteroatoms. The number of ether oxygens (including phenoxy) is 2. The molecule has 0 saturated carbocycles. The van der Waals surface area contributed by atoms with E-state index in [0.29, 0.717) is 11.2 Å². The van der Waals surface area contributed by atoms with Crippen molar-refractivity contribution in [3.05, 3.63) is 129 Å². The number of rotatable bonds is 8. The van der Waals surface area contributed by atoms with E-state index in [-0.39, 0.29) is 44.9 Å². The van der Waals surface area contributed by atoms with Crippen LogP contribution in [0.2, 0.25) is 0 Å². The standard InChI is InChI=1S/C37H28N2O10/c1-20(41)38-32(43)29-15-5-22(17-24(29)19-40)35(46)48-27-11-7-25(8-12-27)37(3,4)26-9-13-28(14-10-26)49-36(47)23-6-16-30-31(18-23)34(45)39(21(2)42)33(30)44/h5-19H,1-4H3,(H,38,41,43). The molecule has 5 rings (SSSR count). The molecule has 246 valence electrons. The van der Waals surface area contributed by atoms with Gasteiger partial charge in [0.1, 0.15) is 11.5 Å². The molecule has 1 heterocycles. The Morgan fingerprint density at radius 2 is 1.16 bits per heavy atom. The average molecular weight is 661 g/mol. The topological polar surface area (TPSA) is 170 Å². The van der Waals surface area contributed by atoms with Gasteiger partial charge in [-0.1, -0.05) is 38.1 Å². The fraction of sp³-hybridized carbons (Fsp3) is 0.135. The molecule has 4 aromatic rings. The van der Waals surface area contributed by atoms with E-state index in [4.69, 9.17) is 9.47 Å². The highest BCUT2D eigenvalue weighted by Gasteiger charge is 2.38. The maximum absolute atomic E-state index is 12.9. The van der Waals surface area contributed by atoms with Gasteiger partial charge in [0.25, 0.3) is 17.7 Å². The van der Waals surface area contributed by atoms with Crippen LogP contribution in [0.4, 0.5) is 0 Å². The lowest BCUT2D eigenvalue weighted by atomic mass is 9.78. The summed E-state index contributed by atoms with van der Waals surface area (Å²) in [5, 5.41) is 2.08. The molecular formula is C37H28N2O10. The number of hydrogen-bond acceptors (Lipinski definition) is 10. The largest absolute Gasteiger partial charge is 0.423 e. The summed E-state index contributed by atoms with van der Waals surface area (Å²) in [4.78, 5) is 97.6. The molecule has 0 aromatic heterocycles. The molecule has 1 aliphatic rings. The number of carbonyl (C=O) groups is 8. The van der Waals surface area contributed by atoms with Crippen molar-refractivity contribution < 1.29 is 47.8 Å². The van der Waals surface area contributed by atoms with E-state index >= 15 is 0 Å². The Morgan fingerprint density at radius 1 is 0.673 bits per heavy atom. The van der Waals surface area contributed by atoms with Crippen molar-refractivity contribution in [3.63, 3.8) is 0 Å². The van der Waals surface area contributed by atoms with Crippen LogP contribution in [0.15, 0.2) is 84.9 Å². The summed E-state index contributed by atoms with van der Waals surface area (Å²) < 4.78 is 11.0. The van der Waals surface area contributed by atoms with Gasteiger partial charge in [0, 0.05) is 24.8 Å². The summed E-state index contributed by atoms with van der Waals surface area (Å²) in [6.45, 7) is 6.22. The van der Waals surface area contributed by atoms with Crippen LogP contribution in [0, 0.1) is 0 Å². The first kappa shape index (κ1) is 33.8. The van der Waals surface area contributed by atoms with E-state index in [1.807, 2.05) is 13.8 Å². The molecule has 0 atom stereocenters. The third-order valence-corrected chi connectivity index (χ3v) is 7.96. The second kappa shape index (κ2) is 13.3. The number of hydrogen-bond donors (Lipinski definition) is 1. The lowest BCUT2D eigenvalue weighted by Gasteiger charge is -2.26. The van der Waals surface area contributed by atoms with Gasteiger partial charge in [-0.15, -0.1) is 0 Å². The lowest BCUT2D eigenvalue weighted by molar-refractivity contribution is -0.124. The third kappa shape index (κ3) is 6.79. The number of aldehydes is 1. The number of nitrogens with one attached hydrogen (secondary N) is 1. The second-order valence-corrected chi connectivity index (χ2v) is 11.6. The quantitative estimate of drug-likeness (QED) is 0.121. The molecule has 0 unspecified atom stereocenters. The van der Waals surface area contributed by atoms with Gasteiger partial charge in [0.05, 0.1) is 27.8 Å². The van der Waals surface area contributed by atoms with Crippen LogP contribution in [0.5, 0.6) is 11.5 Å². The zero-order valence-electron chi connectivity index (χ0n) is 26.7. The Balaban J connectivity index is 1.24. The summed E-state index contributed by atoms with van der Waals surface area (Å²) in [7, 11) is 0. The van der Waals surface area contributed by atoms with Crippen molar-refractivity contribution >= 4 is 47.8 Å². The maximum Gasteiger partial charge on any atom is 0.343 e. The number of benzene rings is 4. The van der Waals surface area contributed by atoms with Crippen LogP contribution in [0.1, 0.15) is 101 Å². The van der Waals surface area contributed by atoms with Gasteiger partial charge in [-0.3, -0.25) is 34.1 Å². The summed E-state index contributed by atoms with van der Waals surface area (Å²) in [6.07, 6.45) is 0.408. The first-order valence-corrected chi connectivity index (χ1v) is 14.8. The van der Waals surface area contributed by atoms with E-state index in [0.717, 1.165) is 25.0 Å². The number of imide groups is 4. The highest BCUT2D eigenvalue weighted by molar-refractivity contribution is 6.29. The highest BCUT2D eigenvalue weighted by Crippen LogP contribution is 2.34. The van der Waals surface area contributed by atoms with E-state index in [1.165, 1.54) is 36.4 Å². The summed E-state index contributed by atoms with van der Waals surface area (Å²) in [6, 6.07) is 21.3. The Morgan fingerprint density at radius 3 is 1.65 bits per heavy atom. The zero-order valence-corrected chi connectivity index (χ0v) is 26.7. The molecule has 0 aliphatic carbocycles. The predicted octanol–water partition coefficient (Wildman–Crippen LogP) is 4.68. The maximum atomic E-state index is 12.9. The van der Waals surface area contributed by atoms with Crippen molar-refractivity contribution in [2.24, 2.45) is 0 Å². The minimum absolute atomic E-state index is 0.0334. The van der Waals surface area contributed by atoms with Gasteiger partial charge in [-0.05, 0) is 71.8 Å². The van der Waals surface area contributed by atoms with Crippen molar-refractivity contribution in [1.29, 1.82) is 0 Å². The van der Waals surface area contributed by atoms with Gasteiger partial charge in [0.2, 0.25) is 11.8 Å². The lowest BCUT2D eigenvalue weighted by Crippen LogP contribution is -2.34. The Hall–Kier alpha value is -6.56. The zero-order chi connectivity index (χ0) is 35.6. The molecule has 1 aliphatic heterocycles. The molecule has 12 nitrogen and oxygen atoms in total. The molecule has 0 fully saturated rings. The van der Waals surface area contributed by atoms with Gasteiger partial charge in [0.15, 0.2) is 6.29 Å².